The molecule has 0 unspecified atom stereocenters. The topological polar surface area (TPSA) is 81.0 Å². The van der Waals surface area contributed by atoms with E-state index in [1.54, 1.807) is 28.9 Å². The molecule has 0 saturated carbocycles. The number of rotatable bonds is 5. The third-order valence-corrected chi connectivity index (χ3v) is 5.22. The molecule has 0 spiro atoms. The SMILES string of the molecule is Cc1cc(C)cc(-n2nnnc2SCCN2C(=O)c3ccccc3C2=O)c1. The van der Waals surface area contributed by atoms with Crippen LogP contribution in [0.4, 0.5) is 0 Å². The lowest BCUT2D eigenvalue weighted by Gasteiger charge is -2.13. The molecular weight excluding hydrogens is 362 g/mol. The minimum Gasteiger partial charge on any atom is -0.273 e. The second kappa shape index (κ2) is 6.96. The third-order valence-electron chi connectivity index (χ3n) is 4.32. The molecule has 8 heteroatoms. The summed E-state index contributed by atoms with van der Waals surface area (Å²) in [6.45, 7) is 4.35. The number of carbonyl (C=O) groups excluding carboxylic acids is 2. The highest BCUT2D eigenvalue weighted by atomic mass is 32.2. The smallest absolute Gasteiger partial charge is 0.261 e. The second-order valence-corrected chi connectivity index (χ2v) is 7.44. The average Bonchev–Trinajstić information content (AvgIpc) is 3.20. The fraction of sp³-hybridized carbons (Fsp3) is 0.211. The number of hydrogen-bond acceptors (Lipinski definition) is 6. The van der Waals surface area contributed by atoms with Gasteiger partial charge in [0.25, 0.3) is 11.8 Å². The van der Waals surface area contributed by atoms with Gasteiger partial charge in [-0.15, -0.1) is 5.10 Å². The number of aromatic nitrogens is 4. The number of thioether (sulfide) groups is 1. The summed E-state index contributed by atoms with van der Waals surface area (Å²) < 4.78 is 1.67. The van der Waals surface area contributed by atoms with Crippen molar-refractivity contribution < 1.29 is 9.59 Å². The molecule has 136 valence electrons. The summed E-state index contributed by atoms with van der Waals surface area (Å²) in [6.07, 6.45) is 0. The molecule has 27 heavy (non-hydrogen) atoms. The van der Waals surface area contributed by atoms with E-state index in [4.69, 9.17) is 0 Å². The summed E-state index contributed by atoms with van der Waals surface area (Å²) in [6, 6.07) is 13.0. The number of carbonyl (C=O) groups is 2. The summed E-state index contributed by atoms with van der Waals surface area (Å²) in [4.78, 5) is 26.1. The standard InChI is InChI=1S/C19H17N5O2S/c1-12-9-13(2)11-14(10-12)24-19(20-21-22-24)27-8-7-23-17(25)15-5-3-4-6-16(15)18(23)26/h3-6,9-11H,7-8H2,1-2H3. The van der Waals surface area contributed by atoms with Gasteiger partial charge < -0.3 is 0 Å². The van der Waals surface area contributed by atoms with E-state index in [0.29, 0.717) is 28.6 Å². The Morgan fingerprint density at radius 3 is 2.22 bits per heavy atom. The van der Waals surface area contributed by atoms with E-state index in [-0.39, 0.29) is 11.8 Å². The van der Waals surface area contributed by atoms with Gasteiger partial charge in [0.1, 0.15) is 0 Å². The van der Waals surface area contributed by atoms with Gasteiger partial charge in [-0.3, -0.25) is 14.5 Å². The van der Waals surface area contributed by atoms with Crippen molar-refractivity contribution in [2.75, 3.05) is 12.3 Å². The van der Waals surface area contributed by atoms with Crippen LogP contribution in [0.5, 0.6) is 0 Å². The number of amides is 2. The van der Waals surface area contributed by atoms with Gasteiger partial charge in [0.2, 0.25) is 5.16 Å². The molecule has 0 saturated heterocycles. The first kappa shape index (κ1) is 17.4. The van der Waals surface area contributed by atoms with E-state index in [2.05, 4.69) is 21.6 Å². The number of aryl methyl sites for hydroxylation is 2. The fourth-order valence-corrected chi connectivity index (χ4v) is 3.99. The van der Waals surface area contributed by atoms with Crippen LogP contribution in [-0.4, -0.2) is 49.2 Å². The molecule has 0 atom stereocenters. The lowest BCUT2D eigenvalue weighted by atomic mass is 10.1. The highest BCUT2D eigenvalue weighted by Gasteiger charge is 2.34. The number of nitrogens with zero attached hydrogens (tertiary/aromatic N) is 5. The number of imide groups is 1. The number of tetrazole rings is 1. The van der Waals surface area contributed by atoms with E-state index >= 15 is 0 Å². The Kier molecular flexibility index (Phi) is 4.49. The van der Waals surface area contributed by atoms with Crippen molar-refractivity contribution in [2.24, 2.45) is 0 Å². The van der Waals surface area contributed by atoms with Crippen LogP contribution in [0.2, 0.25) is 0 Å². The summed E-state index contributed by atoms with van der Waals surface area (Å²) in [5, 5.41) is 12.5. The molecule has 0 N–H and O–H groups in total. The Labute approximate surface area is 160 Å². The lowest BCUT2D eigenvalue weighted by Crippen LogP contribution is -2.31. The monoisotopic (exact) mass is 379 g/mol. The van der Waals surface area contributed by atoms with Gasteiger partial charge in [-0.2, -0.15) is 4.68 Å². The van der Waals surface area contributed by atoms with Gasteiger partial charge in [0, 0.05) is 12.3 Å². The highest BCUT2D eigenvalue weighted by molar-refractivity contribution is 7.99. The number of fused-ring (bicyclic) bond motifs is 1. The van der Waals surface area contributed by atoms with Crippen LogP contribution in [0.3, 0.4) is 0 Å². The van der Waals surface area contributed by atoms with Gasteiger partial charge in [-0.1, -0.05) is 30.0 Å². The summed E-state index contributed by atoms with van der Waals surface area (Å²) in [7, 11) is 0. The lowest BCUT2D eigenvalue weighted by molar-refractivity contribution is 0.0664. The fourth-order valence-electron chi connectivity index (χ4n) is 3.17. The molecular formula is C19H17N5O2S. The van der Waals surface area contributed by atoms with Crippen LogP contribution in [0.15, 0.2) is 47.6 Å². The molecule has 2 heterocycles. The molecule has 1 aliphatic heterocycles. The Bertz CT molecular complexity index is 991. The first-order valence-corrected chi connectivity index (χ1v) is 9.48. The third kappa shape index (κ3) is 3.23. The summed E-state index contributed by atoms with van der Waals surface area (Å²) >= 11 is 1.41. The van der Waals surface area contributed by atoms with Crippen molar-refractivity contribution in [3.8, 4) is 5.69 Å². The molecule has 3 aromatic rings. The first-order valence-electron chi connectivity index (χ1n) is 8.49. The van der Waals surface area contributed by atoms with Crippen LogP contribution in [0, 0.1) is 13.8 Å². The minimum absolute atomic E-state index is 0.245. The van der Waals surface area contributed by atoms with E-state index in [1.807, 2.05) is 26.0 Å². The maximum absolute atomic E-state index is 12.4. The quantitative estimate of drug-likeness (QED) is 0.501. The van der Waals surface area contributed by atoms with Crippen molar-refractivity contribution in [2.45, 2.75) is 19.0 Å². The Balaban J connectivity index is 1.46. The van der Waals surface area contributed by atoms with E-state index in [0.717, 1.165) is 16.8 Å². The van der Waals surface area contributed by atoms with Crippen molar-refractivity contribution >= 4 is 23.6 Å². The van der Waals surface area contributed by atoms with Crippen molar-refractivity contribution in [1.82, 2.24) is 25.1 Å². The largest absolute Gasteiger partial charge is 0.273 e. The van der Waals surface area contributed by atoms with Crippen molar-refractivity contribution in [1.29, 1.82) is 0 Å². The van der Waals surface area contributed by atoms with Gasteiger partial charge in [0.05, 0.1) is 16.8 Å². The molecule has 0 radical (unpaired) electrons. The van der Waals surface area contributed by atoms with E-state index < -0.39 is 0 Å². The van der Waals surface area contributed by atoms with E-state index in [9.17, 15) is 9.59 Å². The molecule has 2 aromatic carbocycles. The second-order valence-electron chi connectivity index (χ2n) is 6.38. The molecule has 2 amide bonds. The zero-order chi connectivity index (χ0) is 19.0. The molecule has 0 aliphatic carbocycles. The van der Waals surface area contributed by atoms with Crippen LogP contribution in [-0.2, 0) is 0 Å². The van der Waals surface area contributed by atoms with Gasteiger partial charge in [-0.05, 0) is 59.7 Å². The van der Waals surface area contributed by atoms with Crippen LogP contribution in [0.1, 0.15) is 31.8 Å². The summed E-state index contributed by atoms with van der Waals surface area (Å²) in [5.41, 5.74) is 4.07. The molecule has 1 aromatic heterocycles. The average molecular weight is 379 g/mol. The van der Waals surface area contributed by atoms with Crippen molar-refractivity contribution in [3.05, 3.63) is 64.7 Å². The van der Waals surface area contributed by atoms with Crippen LogP contribution < -0.4 is 0 Å². The molecule has 1 aliphatic rings. The predicted molar refractivity (Wildman–Crippen MR) is 101 cm³/mol. The van der Waals surface area contributed by atoms with Crippen LogP contribution >= 0.6 is 11.8 Å². The maximum Gasteiger partial charge on any atom is 0.261 e. The van der Waals surface area contributed by atoms with Crippen LogP contribution in [0.25, 0.3) is 5.69 Å². The molecule has 7 nitrogen and oxygen atoms in total. The van der Waals surface area contributed by atoms with E-state index in [1.165, 1.54) is 16.7 Å². The van der Waals surface area contributed by atoms with Gasteiger partial charge in [0.15, 0.2) is 0 Å². The Hall–Kier alpha value is -3.00. The predicted octanol–water partition coefficient (Wildman–Crippen LogP) is 2.67. The maximum atomic E-state index is 12.4. The van der Waals surface area contributed by atoms with Gasteiger partial charge in [-0.25, -0.2) is 0 Å². The van der Waals surface area contributed by atoms with Gasteiger partial charge >= 0.3 is 0 Å². The summed E-state index contributed by atoms with van der Waals surface area (Å²) in [5.74, 6) is 0.0200. The van der Waals surface area contributed by atoms with Crippen molar-refractivity contribution in [3.63, 3.8) is 0 Å². The normalized spacial score (nSPS) is 13.3. The molecule has 0 bridgehead atoms. The Morgan fingerprint density at radius 2 is 1.59 bits per heavy atom. The zero-order valence-electron chi connectivity index (χ0n) is 14.9. The number of hydrogen-bond donors (Lipinski definition) is 0. The first-order chi connectivity index (χ1) is 13.0. The Morgan fingerprint density at radius 1 is 0.963 bits per heavy atom. The zero-order valence-corrected chi connectivity index (χ0v) is 15.7. The molecule has 0 fully saturated rings. The number of benzene rings is 2. The molecule has 4 rings (SSSR count). The minimum atomic E-state index is -0.245. The highest BCUT2D eigenvalue weighted by Crippen LogP contribution is 2.24.